The Morgan fingerprint density at radius 3 is 2.32 bits per heavy atom. The van der Waals surface area contributed by atoms with Crippen molar-refractivity contribution in [1.82, 2.24) is 9.80 Å². The maximum atomic E-state index is 6.29. The molecule has 0 radical (unpaired) electrons. The summed E-state index contributed by atoms with van der Waals surface area (Å²) in [4.78, 5) is 5.57. The van der Waals surface area contributed by atoms with Gasteiger partial charge in [-0.25, -0.2) is 0 Å². The SMILES string of the molecule is S=C(c1ccccc1OCc1ccc(Cl)cc1Cl)N1CCN(Cc2ccccc2)CC1. The molecule has 0 atom stereocenters. The Kier molecular flexibility index (Phi) is 7.46. The fraction of sp³-hybridized carbons (Fsp3) is 0.240. The van der Waals surface area contributed by atoms with Crippen molar-refractivity contribution in [2.24, 2.45) is 0 Å². The second kappa shape index (κ2) is 10.5. The number of piperazine rings is 1. The highest BCUT2D eigenvalue weighted by Gasteiger charge is 2.21. The van der Waals surface area contributed by atoms with Gasteiger partial charge in [-0.05, 0) is 29.8 Å². The Morgan fingerprint density at radius 1 is 0.871 bits per heavy atom. The lowest BCUT2D eigenvalue weighted by Gasteiger charge is -2.36. The van der Waals surface area contributed by atoms with Gasteiger partial charge in [0.15, 0.2) is 0 Å². The van der Waals surface area contributed by atoms with Crippen LogP contribution in [0.25, 0.3) is 0 Å². The average molecular weight is 471 g/mol. The van der Waals surface area contributed by atoms with Crippen LogP contribution in [0.2, 0.25) is 10.0 Å². The molecule has 3 aromatic carbocycles. The van der Waals surface area contributed by atoms with E-state index in [2.05, 4.69) is 40.1 Å². The first-order chi connectivity index (χ1) is 15.1. The molecule has 3 nitrogen and oxygen atoms in total. The van der Waals surface area contributed by atoms with Crippen molar-refractivity contribution in [1.29, 1.82) is 0 Å². The fourth-order valence-corrected chi connectivity index (χ4v) is 4.50. The average Bonchev–Trinajstić information content (AvgIpc) is 2.79. The van der Waals surface area contributed by atoms with Gasteiger partial charge in [0.2, 0.25) is 0 Å². The van der Waals surface area contributed by atoms with E-state index in [1.807, 2.05) is 36.4 Å². The molecular formula is C25H24Cl2N2OS. The van der Waals surface area contributed by atoms with Crippen LogP contribution in [0.4, 0.5) is 0 Å². The molecule has 1 aliphatic rings. The first kappa shape index (κ1) is 22.1. The van der Waals surface area contributed by atoms with E-state index in [1.54, 1.807) is 6.07 Å². The summed E-state index contributed by atoms with van der Waals surface area (Å²) in [5.41, 5.74) is 3.18. The first-order valence-corrected chi connectivity index (χ1v) is 11.5. The van der Waals surface area contributed by atoms with Crippen molar-refractivity contribution in [2.45, 2.75) is 13.2 Å². The Bertz CT molecular complexity index is 1040. The van der Waals surface area contributed by atoms with Crippen molar-refractivity contribution in [3.05, 3.63) is 99.5 Å². The van der Waals surface area contributed by atoms with Crippen molar-refractivity contribution < 1.29 is 4.74 Å². The fourth-order valence-electron chi connectivity index (χ4n) is 3.68. The molecule has 0 N–H and O–H groups in total. The van der Waals surface area contributed by atoms with Gasteiger partial charge in [-0.15, -0.1) is 0 Å². The van der Waals surface area contributed by atoms with Gasteiger partial charge < -0.3 is 9.64 Å². The van der Waals surface area contributed by atoms with Crippen LogP contribution in [0, 0.1) is 0 Å². The summed E-state index contributed by atoms with van der Waals surface area (Å²) in [6, 6.07) is 24.0. The van der Waals surface area contributed by atoms with Gasteiger partial charge in [0.05, 0.1) is 5.56 Å². The summed E-state index contributed by atoms with van der Waals surface area (Å²) in [5, 5.41) is 1.21. The minimum atomic E-state index is 0.362. The van der Waals surface area contributed by atoms with Crippen LogP contribution >= 0.6 is 35.4 Å². The lowest BCUT2D eigenvalue weighted by molar-refractivity contribution is 0.177. The predicted octanol–water partition coefficient (Wildman–Crippen LogP) is 6.07. The summed E-state index contributed by atoms with van der Waals surface area (Å²) in [6.07, 6.45) is 0. The van der Waals surface area contributed by atoms with E-state index in [0.29, 0.717) is 16.7 Å². The Hall–Kier alpha value is -2.11. The van der Waals surface area contributed by atoms with Gasteiger partial charge in [-0.1, -0.05) is 84.0 Å². The Labute approximate surface area is 199 Å². The Morgan fingerprint density at radius 2 is 1.58 bits per heavy atom. The number of halogens is 2. The van der Waals surface area contributed by atoms with Crippen molar-refractivity contribution in [3.63, 3.8) is 0 Å². The Balaban J connectivity index is 1.38. The predicted molar refractivity (Wildman–Crippen MR) is 132 cm³/mol. The number of benzene rings is 3. The number of nitrogens with zero attached hydrogens (tertiary/aromatic N) is 2. The number of rotatable bonds is 6. The summed E-state index contributed by atoms with van der Waals surface area (Å²) in [6.45, 7) is 5.12. The zero-order chi connectivity index (χ0) is 21.6. The van der Waals surface area contributed by atoms with Gasteiger partial charge in [-0.3, -0.25) is 4.90 Å². The van der Waals surface area contributed by atoms with Gasteiger partial charge >= 0.3 is 0 Å². The molecule has 0 aliphatic carbocycles. The molecule has 1 aliphatic heterocycles. The second-order valence-electron chi connectivity index (χ2n) is 7.57. The van der Waals surface area contributed by atoms with E-state index < -0.39 is 0 Å². The maximum Gasteiger partial charge on any atom is 0.130 e. The highest BCUT2D eigenvalue weighted by Crippen LogP contribution is 2.26. The molecule has 160 valence electrons. The molecule has 0 aromatic heterocycles. The van der Waals surface area contributed by atoms with E-state index in [-0.39, 0.29) is 0 Å². The molecule has 4 rings (SSSR count). The van der Waals surface area contributed by atoms with Crippen LogP contribution < -0.4 is 4.74 Å². The first-order valence-electron chi connectivity index (χ1n) is 10.3. The number of ether oxygens (including phenoxy) is 1. The van der Waals surface area contributed by atoms with Gasteiger partial charge in [0.1, 0.15) is 17.3 Å². The van der Waals surface area contributed by atoms with Crippen LogP contribution in [-0.2, 0) is 13.2 Å². The molecule has 0 unspecified atom stereocenters. The topological polar surface area (TPSA) is 15.7 Å². The third-order valence-corrected chi connectivity index (χ3v) is 6.49. The lowest BCUT2D eigenvalue weighted by Crippen LogP contribution is -2.48. The summed E-state index contributed by atoms with van der Waals surface area (Å²) in [7, 11) is 0. The molecule has 0 saturated carbocycles. The summed E-state index contributed by atoms with van der Waals surface area (Å²) < 4.78 is 6.10. The number of para-hydroxylation sites is 1. The van der Waals surface area contributed by atoms with Crippen LogP contribution in [0.15, 0.2) is 72.8 Å². The zero-order valence-corrected chi connectivity index (χ0v) is 19.5. The zero-order valence-electron chi connectivity index (χ0n) is 17.1. The van der Waals surface area contributed by atoms with Gasteiger partial charge in [0, 0.05) is 48.3 Å². The van der Waals surface area contributed by atoms with Gasteiger partial charge in [-0.2, -0.15) is 0 Å². The highest BCUT2D eigenvalue weighted by molar-refractivity contribution is 7.80. The monoisotopic (exact) mass is 470 g/mol. The molecule has 0 amide bonds. The van der Waals surface area contributed by atoms with Crippen molar-refractivity contribution >= 4 is 40.4 Å². The molecule has 0 bridgehead atoms. The highest BCUT2D eigenvalue weighted by atomic mass is 35.5. The van der Waals surface area contributed by atoms with Crippen molar-refractivity contribution in [2.75, 3.05) is 26.2 Å². The minimum absolute atomic E-state index is 0.362. The van der Waals surface area contributed by atoms with E-state index in [4.69, 9.17) is 40.2 Å². The van der Waals surface area contributed by atoms with E-state index in [1.165, 1.54) is 5.56 Å². The van der Waals surface area contributed by atoms with Crippen molar-refractivity contribution in [3.8, 4) is 5.75 Å². The minimum Gasteiger partial charge on any atom is -0.488 e. The third kappa shape index (κ3) is 5.78. The number of thiocarbonyl (C=S) groups is 1. The normalized spacial score (nSPS) is 14.5. The number of hydrogen-bond donors (Lipinski definition) is 0. The summed E-state index contributed by atoms with van der Waals surface area (Å²) in [5.74, 6) is 0.769. The largest absolute Gasteiger partial charge is 0.488 e. The van der Waals surface area contributed by atoms with E-state index in [0.717, 1.165) is 54.6 Å². The van der Waals surface area contributed by atoms with Gasteiger partial charge in [0.25, 0.3) is 0 Å². The smallest absolute Gasteiger partial charge is 0.130 e. The molecule has 0 spiro atoms. The molecule has 3 aromatic rings. The molecular weight excluding hydrogens is 447 g/mol. The molecule has 31 heavy (non-hydrogen) atoms. The molecule has 6 heteroatoms. The van der Waals surface area contributed by atoms with Crippen LogP contribution in [0.1, 0.15) is 16.7 Å². The molecule has 1 heterocycles. The third-order valence-electron chi connectivity index (χ3n) is 5.42. The van der Waals surface area contributed by atoms with E-state index >= 15 is 0 Å². The standard InChI is InChI=1S/C25H24Cl2N2OS/c26-21-11-10-20(23(27)16-21)18-30-24-9-5-4-8-22(24)25(31)29-14-12-28(13-15-29)17-19-6-2-1-3-7-19/h1-11,16H,12-15,17-18H2. The van der Waals surface area contributed by atoms with Crippen LogP contribution in [-0.4, -0.2) is 41.0 Å². The van der Waals surface area contributed by atoms with Crippen LogP contribution in [0.3, 0.4) is 0 Å². The van der Waals surface area contributed by atoms with E-state index in [9.17, 15) is 0 Å². The lowest BCUT2D eigenvalue weighted by atomic mass is 10.1. The second-order valence-corrected chi connectivity index (χ2v) is 8.80. The quantitative estimate of drug-likeness (QED) is 0.406. The molecule has 1 saturated heterocycles. The number of hydrogen-bond acceptors (Lipinski definition) is 3. The maximum absolute atomic E-state index is 6.29. The van der Waals surface area contributed by atoms with Crippen LogP contribution in [0.5, 0.6) is 5.75 Å². The molecule has 1 fully saturated rings. The summed E-state index contributed by atoms with van der Waals surface area (Å²) >= 11 is 18.1.